The highest BCUT2D eigenvalue weighted by Crippen LogP contribution is 2.43. The first-order valence-electron chi connectivity index (χ1n) is 9.37. The largest absolute Gasteiger partial charge is 0.489 e. The Hall–Kier alpha value is -3.43. The van der Waals surface area contributed by atoms with Crippen LogP contribution in [-0.2, 0) is 20.9 Å². The van der Waals surface area contributed by atoms with E-state index in [-0.39, 0.29) is 30.2 Å². The molecular formula is C23H21ClN2O4. The predicted molar refractivity (Wildman–Crippen MR) is 112 cm³/mol. The maximum absolute atomic E-state index is 12.7. The Labute approximate surface area is 180 Å². The number of nitrogens with two attached hydrogens (primary N) is 1. The van der Waals surface area contributed by atoms with E-state index in [0.717, 1.165) is 5.56 Å². The number of carbonyl (C=O) groups excluding carboxylic acids is 1. The minimum atomic E-state index is -0.765. The van der Waals surface area contributed by atoms with Gasteiger partial charge in [-0.25, -0.2) is 4.79 Å². The summed E-state index contributed by atoms with van der Waals surface area (Å²) in [5, 5.41) is 10.4. The standard InChI is InChI=1S/C23H21ClN2O4/c1-3-28-23(27)20-14(2)30-22(26)18(12-25)21(20)17-9-4-5-10-19(17)29-13-15-7-6-8-16(24)11-15/h4-11,21H,3,13,26H2,1-2H3. The highest BCUT2D eigenvalue weighted by molar-refractivity contribution is 6.30. The Morgan fingerprint density at radius 1 is 1.27 bits per heavy atom. The maximum atomic E-state index is 12.7. The van der Waals surface area contributed by atoms with E-state index < -0.39 is 11.9 Å². The number of nitrogens with zero attached hydrogens (tertiary/aromatic N) is 1. The molecule has 1 aliphatic rings. The number of carbonyl (C=O) groups is 1. The van der Waals surface area contributed by atoms with E-state index in [1.165, 1.54) is 0 Å². The molecule has 0 bridgehead atoms. The Morgan fingerprint density at radius 2 is 2.03 bits per heavy atom. The summed E-state index contributed by atoms with van der Waals surface area (Å²) in [6.07, 6.45) is 0. The van der Waals surface area contributed by atoms with Crippen molar-refractivity contribution >= 4 is 17.6 Å². The molecule has 1 atom stereocenters. The lowest BCUT2D eigenvalue weighted by molar-refractivity contribution is -0.139. The van der Waals surface area contributed by atoms with Crippen LogP contribution >= 0.6 is 11.6 Å². The highest BCUT2D eigenvalue weighted by Gasteiger charge is 2.37. The Bertz CT molecular complexity index is 1070. The number of hydrogen-bond acceptors (Lipinski definition) is 6. The van der Waals surface area contributed by atoms with E-state index in [0.29, 0.717) is 22.1 Å². The minimum absolute atomic E-state index is 0.0438. The van der Waals surface area contributed by atoms with Crippen LogP contribution in [0.5, 0.6) is 5.75 Å². The molecule has 0 aromatic heterocycles. The first kappa shape index (κ1) is 21.3. The molecule has 0 saturated heterocycles. The highest BCUT2D eigenvalue weighted by atomic mass is 35.5. The van der Waals surface area contributed by atoms with Crippen molar-refractivity contribution in [3.63, 3.8) is 0 Å². The predicted octanol–water partition coefficient (Wildman–Crippen LogP) is 4.56. The topological polar surface area (TPSA) is 94.6 Å². The van der Waals surface area contributed by atoms with E-state index in [1.807, 2.05) is 24.3 Å². The van der Waals surface area contributed by atoms with Crippen molar-refractivity contribution in [1.29, 1.82) is 5.26 Å². The first-order chi connectivity index (χ1) is 14.5. The fourth-order valence-corrected chi connectivity index (χ4v) is 3.52. The third-order valence-electron chi connectivity index (χ3n) is 4.61. The SMILES string of the molecule is CCOC(=O)C1=C(C)OC(N)=C(C#N)C1c1ccccc1OCc1cccc(Cl)c1. The van der Waals surface area contributed by atoms with Gasteiger partial charge in [0.1, 0.15) is 29.8 Å². The fraction of sp³-hybridized carbons (Fsp3) is 0.217. The molecule has 0 amide bonds. The average molecular weight is 425 g/mol. The lowest BCUT2D eigenvalue weighted by Gasteiger charge is -2.28. The molecule has 0 aliphatic carbocycles. The summed E-state index contributed by atoms with van der Waals surface area (Å²) in [5.74, 6) is -0.569. The second kappa shape index (κ2) is 9.38. The second-order valence-electron chi connectivity index (χ2n) is 6.57. The van der Waals surface area contributed by atoms with Gasteiger partial charge in [0.15, 0.2) is 0 Å². The lowest BCUT2D eigenvalue weighted by Crippen LogP contribution is -2.26. The average Bonchev–Trinajstić information content (AvgIpc) is 2.72. The smallest absolute Gasteiger partial charge is 0.338 e. The molecule has 0 fully saturated rings. The summed E-state index contributed by atoms with van der Waals surface area (Å²) in [6, 6.07) is 16.6. The molecule has 2 aromatic rings. The van der Waals surface area contributed by atoms with Gasteiger partial charge >= 0.3 is 5.97 Å². The number of halogens is 1. The van der Waals surface area contributed by atoms with Crippen molar-refractivity contribution in [3.05, 3.63) is 87.5 Å². The lowest BCUT2D eigenvalue weighted by atomic mass is 9.82. The van der Waals surface area contributed by atoms with Crippen molar-refractivity contribution in [2.45, 2.75) is 26.4 Å². The quantitative estimate of drug-likeness (QED) is 0.683. The van der Waals surface area contributed by atoms with Crippen molar-refractivity contribution in [2.75, 3.05) is 6.61 Å². The van der Waals surface area contributed by atoms with Crippen LogP contribution in [0.1, 0.15) is 30.9 Å². The molecule has 6 nitrogen and oxygen atoms in total. The zero-order chi connectivity index (χ0) is 21.7. The molecular weight excluding hydrogens is 404 g/mol. The third-order valence-corrected chi connectivity index (χ3v) is 4.85. The van der Waals surface area contributed by atoms with Crippen LogP contribution in [0.25, 0.3) is 0 Å². The van der Waals surface area contributed by atoms with Crippen LogP contribution < -0.4 is 10.5 Å². The van der Waals surface area contributed by atoms with Crippen LogP contribution in [0, 0.1) is 11.3 Å². The van der Waals surface area contributed by atoms with E-state index in [2.05, 4.69) is 6.07 Å². The number of hydrogen-bond donors (Lipinski definition) is 1. The molecule has 1 heterocycles. The summed E-state index contributed by atoms with van der Waals surface area (Å²) in [6.45, 7) is 3.79. The zero-order valence-electron chi connectivity index (χ0n) is 16.6. The van der Waals surface area contributed by atoms with Crippen LogP contribution in [-0.4, -0.2) is 12.6 Å². The Kier molecular flexibility index (Phi) is 6.65. The monoisotopic (exact) mass is 424 g/mol. The van der Waals surface area contributed by atoms with Gasteiger partial charge in [0.2, 0.25) is 5.88 Å². The minimum Gasteiger partial charge on any atom is -0.489 e. The normalized spacial score (nSPS) is 16.0. The summed E-state index contributed by atoms with van der Waals surface area (Å²) in [4.78, 5) is 12.7. The molecule has 30 heavy (non-hydrogen) atoms. The van der Waals surface area contributed by atoms with Crippen molar-refractivity contribution in [2.24, 2.45) is 5.73 Å². The van der Waals surface area contributed by atoms with Crippen LogP contribution in [0.4, 0.5) is 0 Å². The molecule has 3 rings (SSSR count). The number of allylic oxidation sites excluding steroid dienone is 2. The van der Waals surface area contributed by atoms with Gasteiger partial charge in [0, 0.05) is 10.6 Å². The molecule has 0 saturated carbocycles. The summed E-state index contributed by atoms with van der Waals surface area (Å²) < 4.78 is 16.7. The Balaban J connectivity index is 2.03. The summed E-state index contributed by atoms with van der Waals surface area (Å²) in [5.41, 5.74) is 7.82. The molecule has 7 heteroatoms. The second-order valence-corrected chi connectivity index (χ2v) is 7.01. The third kappa shape index (κ3) is 4.42. The number of rotatable bonds is 6. The Morgan fingerprint density at radius 3 is 2.73 bits per heavy atom. The molecule has 2 N–H and O–H groups in total. The van der Waals surface area contributed by atoms with Crippen molar-refractivity contribution in [1.82, 2.24) is 0 Å². The van der Waals surface area contributed by atoms with Gasteiger partial charge in [-0.1, -0.05) is 41.9 Å². The maximum Gasteiger partial charge on any atom is 0.338 e. The van der Waals surface area contributed by atoms with Gasteiger partial charge in [0.05, 0.1) is 18.1 Å². The molecule has 1 aliphatic heterocycles. The van der Waals surface area contributed by atoms with Crippen molar-refractivity contribution < 1.29 is 19.0 Å². The van der Waals surface area contributed by atoms with Crippen LogP contribution in [0.3, 0.4) is 0 Å². The van der Waals surface area contributed by atoms with Gasteiger partial charge in [-0.3, -0.25) is 0 Å². The summed E-state index contributed by atoms with van der Waals surface area (Å²) >= 11 is 6.05. The van der Waals surface area contributed by atoms with Gasteiger partial charge in [-0.15, -0.1) is 0 Å². The van der Waals surface area contributed by atoms with Gasteiger partial charge in [-0.2, -0.15) is 5.26 Å². The van der Waals surface area contributed by atoms with Gasteiger partial charge < -0.3 is 19.9 Å². The number of ether oxygens (including phenoxy) is 3. The molecule has 154 valence electrons. The summed E-state index contributed by atoms with van der Waals surface area (Å²) in [7, 11) is 0. The molecule has 1 unspecified atom stereocenters. The number of para-hydroxylation sites is 1. The molecule has 0 radical (unpaired) electrons. The number of nitriles is 1. The zero-order valence-corrected chi connectivity index (χ0v) is 17.4. The van der Waals surface area contributed by atoms with Crippen LogP contribution in [0.15, 0.2) is 71.3 Å². The number of benzene rings is 2. The molecule has 2 aromatic carbocycles. The van der Waals surface area contributed by atoms with Crippen LogP contribution in [0.2, 0.25) is 5.02 Å². The van der Waals surface area contributed by atoms with Gasteiger partial charge in [0.25, 0.3) is 0 Å². The number of esters is 1. The van der Waals surface area contributed by atoms with Gasteiger partial charge in [-0.05, 0) is 37.6 Å². The first-order valence-corrected chi connectivity index (χ1v) is 9.75. The van der Waals surface area contributed by atoms with E-state index >= 15 is 0 Å². The van der Waals surface area contributed by atoms with E-state index in [9.17, 15) is 10.1 Å². The molecule has 0 spiro atoms. The van der Waals surface area contributed by atoms with E-state index in [1.54, 1.807) is 38.1 Å². The fourth-order valence-electron chi connectivity index (χ4n) is 3.30. The van der Waals surface area contributed by atoms with E-state index in [4.69, 9.17) is 31.5 Å². The van der Waals surface area contributed by atoms with Crippen molar-refractivity contribution in [3.8, 4) is 11.8 Å².